The van der Waals surface area contributed by atoms with Gasteiger partial charge in [-0.15, -0.1) is 0 Å². The first-order valence-corrected chi connectivity index (χ1v) is 10.6. The van der Waals surface area contributed by atoms with E-state index in [1.54, 1.807) is 0 Å². The highest BCUT2D eigenvalue weighted by molar-refractivity contribution is 5.73. The van der Waals surface area contributed by atoms with Crippen molar-refractivity contribution in [1.82, 2.24) is 19.4 Å². The van der Waals surface area contributed by atoms with Crippen molar-refractivity contribution in [3.8, 4) is 0 Å². The maximum absolute atomic E-state index is 10.6. The van der Waals surface area contributed by atoms with Gasteiger partial charge in [0.1, 0.15) is 0 Å². The number of hydrogen-bond acceptors (Lipinski definition) is 6. The Balaban J connectivity index is 0.000000271. The number of likely N-dealkylation sites (tertiary alicyclic amines) is 1. The van der Waals surface area contributed by atoms with Crippen molar-refractivity contribution in [2.45, 2.75) is 49.8 Å². The fraction of sp³-hybridized carbons (Fsp3) is 0.524. The molecule has 36 heavy (non-hydrogen) atoms. The lowest BCUT2D eigenvalue weighted by Crippen LogP contribution is -2.47. The van der Waals surface area contributed by atoms with Gasteiger partial charge in [0.15, 0.2) is 0 Å². The molecular formula is C21H24F6N4O5. The third-order valence-electron chi connectivity index (χ3n) is 5.35. The average molecular weight is 526 g/mol. The van der Waals surface area contributed by atoms with E-state index in [9.17, 15) is 26.3 Å². The van der Waals surface area contributed by atoms with E-state index in [1.165, 1.54) is 6.42 Å². The molecule has 2 unspecified atom stereocenters. The van der Waals surface area contributed by atoms with Gasteiger partial charge in [0.05, 0.1) is 30.3 Å². The van der Waals surface area contributed by atoms with E-state index in [0.29, 0.717) is 6.04 Å². The van der Waals surface area contributed by atoms with Crippen LogP contribution >= 0.6 is 0 Å². The van der Waals surface area contributed by atoms with E-state index in [1.807, 2.05) is 31.0 Å². The van der Waals surface area contributed by atoms with Crippen LogP contribution in [-0.4, -0.2) is 79.2 Å². The Morgan fingerprint density at radius 2 is 1.72 bits per heavy atom. The quantitative estimate of drug-likeness (QED) is 0.584. The molecule has 9 nitrogen and oxygen atoms in total. The van der Waals surface area contributed by atoms with Crippen LogP contribution in [0.3, 0.4) is 0 Å². The van der Waals surface area contributed by atoms with Crippen LogP contribution in [-0.2, 0) is 20.9 Å². The monoisotopic (exact) mass is 526 g/mol. The smallest absolute Gasteiger partial charge is 0.475 e. The summed E-state index contributed by atoms with van der Waals surface area (Å²) in [5.74, 6) is -5.51. The van der Waals surface area contributed by atoms with Crippen molar-refractivity contribution in [2.24, 2.45) is 0 Å². The van der Waals surface area contributed by atoms with Crippen LogP contribution in [0, 0.1) is 0 Å². The molecule has 0 radical (unpaired) electrons. The van der Waals surface area contributed by atoms with E-state index in [-0.39, 0.29) is 5.60 Å². The van der Waals surface area contributed by atoms with Crippen molar-refractivity contribution < 1.29 is 50.9 Å². The van der Waals surface area contributed by atoms with E-state index in [2.05, 4.69) is 31.6 Å². The largest absolute Gasteiger partial charge is 0.490 e. The SMILES string of the molecule is O=C(O)C(F)(F)F.O=C(O)C(F)(F)F.c1ccc(CN2CCCC3(CC(n4ccnc4)CO3)C2)nc1. The molecule has 4 rings (SSSR count). The van der Waals surface area contributed by atoms with Crippen LogP contribution in [0.4, 0.5) is 26.3 Å². The van der Waals surface area contributed by atoms with Crippen molar-refractivity contribution >= 4 is 11.9 Å². The molecule has 0 saturated carbocycles. The lowest BCUT2D eigenvalue weighted by molar-refractivity contribution is -0.193. The number of rotatable bonds is 3. The van der Waals surface area contributed by atoms with Gasteiger partial charge in [-0.05, 0) is 31.5 Å². The van der Waals surface area contributed by atoms with Crippen LogP contribution in [0.1, 0.15) is 31.0 Å². The number of carboxylic acids is 2. The minimum absolute atomic E-state index is 0.0158. The van der Waals surface area contributed by atoms with Gasteiger partial charge in [-0.1, -0.05) is 6.07 Å². The second-order valence-corrected chi connectivity index (χ2v) is 8.10. The van der Waals surface area contributed by atoms with Crippen molar-refractivity contribution in [3.05, 3.63) is 48.8 Å². The number of carboxylic acid groups (broad SMARTS) is 2. The molecule has 15 heteroatoms. The topological polar surface area (TPSA) is 118 Å². The van der Waals surface area contributed by atoms with Gasteiger partial charge in [-0.2, -0.15) is 26.3 Å². The molecular weight excluding hydrogens is 502 g/mol. The Morgan fingerprint density at radius 1 is 1.08 bits per heavy atom. The highest BCUT2D eigenvalue weighted by Gasteiger charge is 2.44. The number of carbonyl (C=O) groups is 2. The maximum Gasteiger partial charge on any atom is 0.490 e. The summed E-state index contributed by atoms with van der Waals surface area (Å²) < 4.78 is 71.9. The van der Waals surface area contributed by atoms with Crippen LogP contribution in [0.25, 0.3) is 0 Å². The zero-order valence-corrected chi connectivity index (χ0v) is 18.7. The van der Waals surface area contributed by atoms with Gasteiger partial charge in [-0.3, -0.25) is 9.88 Å². The number of aliphatic carboxylic acids is 2. The molecule has 2 aromatic rings. The summed E-state index contributed by atoms with van der Waals surface area (Å²) in [6, 6.07) is 6.56. The molecule has 0 aromatic carbocycles. The summed E-state index contributed by atoms with van der Waals surface area (Å²) in [5.41, 5.74) is 1.16. The molecule has 0 amide bonds. The van der Waals surface area contributed by atoms with E-state index >= 15 is 0 Å². The van der Waals surface area contributed by atoms with Gasteiger partial charge in [0.25, 0.3) is 0 Å². The summed E-state index contributed by atoms with van der Waals surface area (Å²) in [4.78, 5) is 28.9. The number of aromatic nitrogens is 3. The summed E-state index contributed by atoms with van der Waals surface area (Å²) in [6.07, 6.45) is 0.945. The number of ether oxygens (including phenoxy) is 1. The molecule has 2 aliphatic rings. The molecule has 2 aliphatic heterocycles. The molecule has 2 aromatic heterocycles. The third kappa shape index (κ3) is 9.11. The Bertz CT molecular complexity index is 947. The highest BCUT2D eigenvalue weighted by Crippen LogP contribution is 2.39. The third-order valence-corrected chi connectivity index (χ3v) is 5.35. The second kappa shape index (κ2) is 12.2. The predicted octanol–water partition coefficient (Wildman–Crippen LogP) is 3.54. The fourth-order valence-corrected chi connectivity index (χ4v) is 3.83. The number of pyridine rings is 1. The Kier molecular flexibility index (Phi) is 9.81. The molecule has 200 valence electrons. The standard InChI is InChI=1S/C17H22N4O.2C2HF3O2/c1-2-6-19-15(4-1)11-20-8-3-5-17(13-20)10-16(12-22-17)21-9-7-18-14-21;2*3-2(4,5)1(6)7/h1-2,4,6-7,9,14,16H,3,5,8,10-13H2;2*(H,6,7). The average Bonchev–Trinajstić information content (AvgIpc) is 3.45. The van der Waals surface area contributed by atoms with Crippen molar-refractivity contribution in [3.63, 3.8) is 0 Å². The van der Waals surface area contributed by atoms with Crippen LogP contribution in [0.2, 0.25) is 0 Å². The number of alkyl halides is 6. The maximum atomic E-state index is 10.6. The fourth-order valence-electron chi connectivity index (χ4n) is 3.83. The zero-order chi connectivity index (χ0) is 27.0. The number of nitrogens with zero attached hydrogens (tertiary/aromatic N) is 4. The summed E-state index contributed by atoms with van der Waals surface area (Å²) in [5, 5.41) is 14.2. The number of halogens is 6. The second-order valence-electron chi connectivity index (χ2n) is 8.10. The van der Waals surface area contributed by atoms with Gasteiger partial charge in [0, 0.05) is 38.1 Å². The van der Waals surface area contributed by atoms with Gasteiger partial charge in [-0.25, -0.2) is 14.6 Å². The Morgan fingerprint density at radius 3 is 2.22 bits per heavy atom. The van der Waals surface area contributed by atoms with Gasteiger partial charge < -0.3 is 19.5 Å². The normalized spacial score (nSPS) is 22.2. The zero-order valence-electron chi connectivity index (χ0n) is 18.7. The van der Waals surface area contributed by atoms with Crippen molar-refractivity contribution in [2.75, 3.05) is 19.7 Å². The van der Waals surface area contributed by atoms with Gasteiger partial charge in [0.2, 0.25) is 0 Å². The minimum atomic E-state index is -5.08. The minimum Gasteiger partial charge on any atom is -0.475 e. The van der Waals surface area contributed by atoms with Gasteiger partial charge >= 0.3 is 24.3 Å². The van der Waals surface area contributed by atoms with Crippen LogP contribution in [0.5, 0.6) is 0 Å². The lowest BCUT2D eigenvalue weighted by atomic mass is 9.88. The number of piperidine rings is 1. The molecule has 1 spiro atoms. The van der Waals surface area contributed by atoms with Crippen LogP contribution in [0.15, 0.2) is 43.1 Å². The molecule has 2 N–H and O–H groups in total. The van der Waals surface area contributed by atoms with Crippen LogP contribution < -0.4 is 0 Å². The highest BCUT2D eigenvalue weighted by atomic mass is 19.4. The summed E-state index contributed by atoms with van der Waals surface area (Å²) >= 11 is 0. The van der Waals surface area contributed by atoms with E-state index < -0.39 is 24.3 Å². The Labute approximate surface area is 201 Å². The molecule has 4 heterocycles. The predicted molar refractivity (Wildman–Crippen MR) is 111 cm³/mol. The number of hydrogen-bond donors (Lipinski definition) is 2. The summed E-state index contributed by atoms with van der Waals surface area (Å²) in [6.45, 7) is 3.86. The molecule has 2 atom stereocenters. The molecule has 0 bridgehead atoms. The molecule has 0 aliphatic carbocycles. The lowest BCUT2D eigenvalue weighted by Gasteiger charge is -2.39. The first-order valence-electron chi connectivity index (χ1n) is 10.6. The molecule has 2 fully saturated rings. The molecule has 2 saturated heterocycles. The Hall–Kier alpha value is -3.20. The van der Waals surface area contributed by atoms with E-state index in [4.69, 9.17) is 24.5 Å². The first kappa shape index (κ1) is 29.0. The van der Waals surface area contributed by atoms with E-state index in [0.717, 1.165) is 44.8 Å². The first-order chi connectivity index (χ1) is 16.7. The number of imidazole rings is 1. The summed E-state index contributed by atoms with van der Waals surface area (Å²) in [7, 11) is 0. The van der Waals surface area contributed by atoms with Crippen molar-refractivity contribution in [1.29, 1.82) is 0 Å².